The monoisotopic (exact) mass is 619 g/mol. The average molecular weight is 620 g/mol. The van der Waals surface area contributed by atoms with E-state index in [9.17, 15) is 9.90 Å². The maximum Gasteiger partial charge on any atom is 0.209 e. The van der Waals surface area contributed by atoms with Crippen molar-refractivity contribution in [2.45, 2.75) is 128 Å². The van der Waals surface area contributed by atoms with E-state index in [1.807, 2.05) is 6.08 Å². The SMILES string of the molecule is CC1(C)C(/C=C2/C(=O)C(CC3N(CCCC4CCCC4)c4ccccc4C3(C)C)=C2O)=[N+](CCCC2CCCC2)c2ccccc21. The van der Waals surface area contributed by atoms with E-state index < -0.39 is 0 Å². The highest BCUT2D eigenvalue weighted by molar-refractivity contribution is 6.22. The minimum atomic E-state index is -0.238. The predicted molar refractivity (Wildman–Crippen MR) is 190 cm³/mol. The molecule has 0 bridgehead atoms. The van der Waals surface area contributed by atoms with Crippen LogP contribution in [0.1, 0.15) is 122 Å². The van der Waals surface area contributed by atoms with Gasteiger partial charge in [0.1, 0.15) is 12.3 Å². The normalized spacial score (nSPS) is 24.8. The molecule has 0 aromatic heterocycles. The number of aliphatic hydroxyl groups is 1. The van der Waals surface area contributed by atoms with E-state index in [4.69, 9.17) is 0 Å². The summed E-state index contributed by atoms with van der Waals surface area (Å²) in [6.07, 6.45) is 18.6. The Hall–Kier alpha value is -3.14. The summed E-state index contributed by atoms with van der Waals surface area (Å²) in [7, 11) is 0. The van der Waals surface area contributed by atoms with Gasteiger partial charge in [0.25, 0.3) is 0 Å². The molecule has 3 aliphatic carbocycles. The fraction of sp³-hybridized carbons (Fsp3) is 0.571. The largest absolute Gasteiger partial charge is 0.507 e. The molecule has 2 aromatic carbocycles. The zero-order valence-electron chi connectivity index (χ0n) is 28.8. The van der Waals surface area contributed by atoms with Gasteiger partial charge in [-0.3, -0.25) is 4.79 Å². The summed E-state index contributed by atoms with van der Waals surface area (Å²) in [4.78, 5) is 16.5. The van der Waals surface area contributed by atoms with Crippen LogP contribution in [0.4, 0.5) is 11.4 Å². The van der Waals surface area contributed by atoms with E-state index in [1.165, 1.54) is 93.1 Å². The van der Waals surface area contributed by atoms with Gasteiger partial charge in [-0.15, -0.1) is 0 Å². The summed E-state index contributed by atoms with van der Waals surface area (Å²) >= 11 is 0. The van der Waals surface area contributed by atoms with E-state index in [1.54, 1.807) is 0 Å². The van der Waals surface area contributed by atoms with Crippen molar-refractivity contribution in [2.24, 2.45) is 11.8 Å². The standard InChI is InChI=1S/C42H54N2O2/c1-41(2)33-21-9-11-23-35(33)43(25-13-19-29-15-5-6-16-29)37(41)27-31-39(45)32(40(31)46)28-38-42(3,4)34-22-10-12-24-36(34)44(38)26-14-20-30-17-7-8-18-30/h9-12,21-24,27,29-30,38H,5-8,13-20,25-26,28H2,1-4H3/p+1. The number of hydrogen-bond acceptors (Lipinski definition) is 3. The van der Waals surface area contributed by atoms with Crippen molar-refractivity contribution in [3.05, 3.63) is 82.6 Å². The van der Waals surface area contributed by atoms with Gasteiger partial charge in [-0.2, -0.15) is 4.58 Å². The Balaban J connectivity index is 1.15. The summed E-state index contributed by atoms with van der Waals surface area (Å²) in [6, 6.07) is 17.7. The van der Waals surface area contributed by atoms with Gasteiger partial charge in [-0.05, 0) is 56.6 Å². The first kappa shape index (κ1) is 31.5. The van der Waals surface area contributed by atoms with Crippen LogP contribution in [0.3, 0.4) is 0 Å². The van der Waals surface area contributed by atoms with Crippen molar-refractivity contribution in [3.8, 4) is 0 Å². The lowest BCUT2D eigenvalue weighted by molar-refractivity contribution is -0.438. The molecular weight excluding hydrogens is 564 g/mol. The summed E-state index contributed by atoms with van der Waals surface area (Å²) in [5.41, 5.74) is 7.11. The number of nitrogens with zero attached hydrogens (tertiary/aromatic N) is 2. The number of carbonyl (C=O) groups is 1. The minimum Gasteiger partial charge on any atom is -0.507 e. The van der Waals surface area contributed by atoms with Gasteiger partial charge in [-0.1, -0.05) is 102 Å². The van der Waals surface area contributed by atoms with Crippen LogP contribution in [-0.2, 0) is 15.6 Å². The van der Waals surface area contributed by atoms with Crippen molar-refractivity contribution < 1.29 is 14.5 Å². The van der Waals surface area contributed by atoms with Crippen molar-refractivity contribution in [1.29, 1.82) is 0 Å². The summed E-state index contributed by atoms with van der Waals surface area (Å²) in [6.45, 7) is 11.1. The number of hydrogen-bond donors (Lipinski definition) is 1. The molecule has 7 rings (SSSR count). The van der Waals surface area contributed by atoms with E-state index >= 15 is 0 Å². The van der Waals surface area contributed by atoms with Crippen LogP contribution in [0.5, 0.6) is 0 Å². The first-order chi connectivity index (χ1) is 22.2. The van der Waals surface area contributed by atoms with Crippen molar-refractivity contribution in [3.63, 3.8) is 0 Å². The van der Waals surface area contributed by atoms with Crippen LogP contribution in [0.2, 0.25) is 0 Å². The molecule has 2 fully saturated rings. The minimum absolute atomic E-state index is 0.0281. The third-order valence-corrected chi connectivity index (χ3v) is 12.6. The van der Waals surface area contributed by atoms with Crippen LogP contribution in [-0.4, -0.2) is 40.3 Å². The molecule has 0 spiro atoms. The van der Waals surface area contributed by atoms with Gasteiger partial charge < -0.3 is 10.0 Å². The molecule has 2 aromatic rings. The topological polar surface area (TPSA) is 43.6 Å². The number of Topliss-reactive ketones (excluding diaryl/α,β-unsaturated/α-hetero) is 1. The Morgan fingerprint density at radius 1 is 0.848 bits per heavy atom. The lowest BCUT2D eigenvalue weighted by Gasteiger charge is -2.37. The quantitative estimate of drug-likeness (QED) is 0.201. The van der Waals surface area contributed by atoms with Crippen molar-refractivity contribution >= 4 is 22.9 Å². The van der Waals surface area contributed by atoms with Crippen molar-refractivity contribution in [1.82, 2.24) is 0 Å². The van der Waals surface area contributed by atoms with Gasteiger partial charge >= 0.3 is 0 Å². The van der Waals surface area contributed by atoms with Crippen LogP contribution < -0.4 is 4.90 Å². The molecule has 0 radical (unpaired) electrons. The van der Waals surface area contributed by atoms with Crippen molar-refractivity contribution in [2.75, 3.05) is 18.0 Å². The molecule has 2 heterocycles. The number of allylic oxidation sites excluding steroid dienone is 2. The Morgan fingerprint density at radius 3 is 2.13 bits per heavy atom. The van der Waals surface area contributed by atoms with E-state index in [-0.39, 0.29) is 28.4 Å². The lowest BCUT2D eigenvalue weighted by atomic mass is 9.73. The first-order valence-electron chi connectivity index (χ1n) is 18.5. The fourth-order valence-electron chi connectivity index (χ4n) is 9.81. The third kappa shape index (κ3) is 5.48. The molecule has 0 amide bonds. The molecule has 4 nitrogen and oxygen atoms in total. The van der Waals surface area contributed by atoms with E-state index in [0.29, 0.717) is 17.6 Å². The molecule has 2 aliphatic heterocycles. The predicted octanol–water partition coefficient (Wildman–Crippen LogP) is 9.88. The highest BCUT2D eigenvalue weighted by Crippen LogP contribution is 2.49. The second-order valence-corrected chi connectivity index (χ2v) is 16.1. The highest BCUT2D eigenvalue weighted by atomic mass is 16.3. The van der Waals surface area contributed by atoms with Gasteiger partial charge in [-0.25, -0.2) is 0 Å². The average Bonchev–Trinajstić information content (AvgIpc) is 3.84. The Kier molecular flexibility index (Phi) is 8.53. The fourth-order valence-corrected chi connectivity index (χ4v) is 9.81. The maximum absolute atomic E-state index is 14.0. The molecule has 0 saturated heterocycles. The summed E-state index contributed by atoms with van der Waals surface area (Å²) in [5, 5.41) is 11.6. The van der Waals surface area contributed by atoms with Gasteiger partial charge in [0.2, 0.25) is 5.69 Å². The number of rotatable bonds is 11. The second kappa shape index (κ2) is 12.5. The second-order valence-electron chi connectivity index (χ2n) is 16.1. The molecule has 5 aliphatic rings. The number of fused-ring (bicyclic) bond motifs is 2. The summed E-state index contributed by atoms with van der Waals surface area (Å²) in [5.74, 6) is 1.99. The third-order valence-electron chi connectivity index (χ3n) is 12.6. The molecule has 1 N–H and O–H groups in total. The highest BCUT2D eigenvalue weighted by Gasteiger charge is 2.49. The Bertz CT molecular complexity index is 1580. The zero-order chi connectivity index (χ0) is 32.1. The first-order valence-corrected chi connectivity index (χ1v) is 18.5. The van der Waals surface area contributed by atoms with Crippen LogP contribution in [0.15, 0.2) is 71.5 Å². The lowest BCUT2D eigenvalue weighted by Crippen LogP contribution is -2.44. The van der Waals surface area contributed by atoms with Gasteiger partial charge in [0.15, 0.2) is 11.5 Å². The molecule has 1 atom stereocenters. The molecule has 244 valence electrons. The number of para-hydroxylation sites is 2. The van der Waals surface area contributed by atoms with Crippen LogP contribution in [0, 0.1) is 11.8 Å². The number of ketones is 1. The maximum atomic E-state index is 14.0. The number of benzene rings is 2. The van der Waals surface area contributed by atoms with Crippen LogP contribution >= 0.6 is 0 Å². The summed E-state index contributed by atoms with van der Waals surface area (Å²) < 4.78 is 2.44. The zero-order valence-corrected chi connectivity index (χ0v) is 28.8. The van der Waals surface area contributed by atoms with Gasteiger partial charge in [0, 0.05) is 59.8 Å². The van der Waals surface area contributed by atoms with E-state index in [2.05, 4.69) is 85.7 Å². The molecule has 2 saturated carbocycles. The van der Waals surface area contributed by atoms with Gasteiger partial charge in [0.05, 0.1) is 11.0 Å². The number of aliphatic hydroxyl groups excluding tert-OH is 1. The Morgan fingerprint density at radius 2 is 1.46 bits per heavy atom. The Labute approximate surface area is 277 Å². The molecular formula is C42H55N2O2+. The van der Waals surface area contributed by atoms with Crippen LogP contribution in [0.25, 0.3) is 0 Å². The number of carbonyl (C=O) groups excluding carboxylic acids is 1. The smallest absolute Gasteiger partial charge is 0.209 e. The molecule has 46 heavy (non-hydrogen) atoms. The number of anilines is 1. The molecule has 1 unspecified atom stereocenters. The van der Waals surface area contributed by atoms with E-state index in [0.717, 1.165) is 37.1 Å². The molecule has 4 heteroatoms.